The van der Waals surface area contributed by atoms with Crippen LogP contribution in [0.3, 0.4) is 0 Å². The number of hydrogen-bond donors (Lipinski definition) is 2. The molecule has 2 aromatic heterocycles. The maximum atomic E-state index is 12.2. The van der Waals surface area contributed by atoms with Crippen LogP contribution < -0.4 is 10.6 Å². The second-order valence-electron chi connectivity index (χ2n) is 5.57. The van der Waals surface area contributed by atoms with Crippen LogP contribution in [0.25, 0.3) is 0 Å². The van der Waals surface area contributed by atoms with Crippen LogP contribution in [0.1, 0.15) is 28.2 Å². The molecule has 0 aliphatic carbocycles. The number of anilines is 1. The van der Waals surface area contributed by atoms with Crippen molar-refractivity contribution in [2.75, 3.05) is 11.9 Å². The van der Waals surface area contributed by atoms with Gasteiger partial charge in [-0.2, -0.15) is 0 Å². The number of rotatable bonds is 8. The minimum absolute atomic E-state index is 0.198. The molecule has 0 atom stereocenters. The highest BCUT2D eigenvalue weighted by atomic mass is 16.3. The number of benzene rings is 1. The average molecular weight is 336 g/mol. The first kappa shape index (κ1) is 16.7. The SMILES string of the molecule is O=C(NCCCc1ccccc1)c1cc(NCc2ccco2)ncn1. The lowest BCUT2D eigenvalue weighted by Gasteiger charge is -2.07. The van der Waals surface area contributed by atoms with E-state index in [0.717, 1.165) is 18.6 Å². The van der Waals surface area contributed by atoms with Crippen LogP contribution in [0, 0.1) is 0 Å². The van der Waals surface area contributed by atoms with E-state index in [1.54, 1.807) is 12.3 Å². The van der Waals surface area contributed by atoms with Gasteiger partial charge in [-0.25, -0.2) is 9.97 Å². The van der Waals surface area contributed by atoms with Gasteiger partial charge in [-0.3, -0.25) is 4.79 Å². The number of nitrogens with one attached hydrogen (secondary N) is 2. The number of carbonyl (C=O) groups excluding carboxylic acids is 1. The largest absolute Gasteiger partial charge is 0.467 e. The molecule has 0 radical (unpaired) electrons. The fourth-order valence-electron chi connectivity index (χ4n) is 2.40. The van der Waals surface area contributed by atoms with Gasteiger partial charge in [0.15, 0.2) is 0 Å². The number of aryl methyl sites for hydroxylation is 1. The zero-order valence-corrected chi connectivity index (χ0v) is 13.8. The third kappa shape index (κ3) is 5.17. The maximum absolute atomic E-state index is 12.2. The highest BCUT2D eigenvalue weighted by Gasteiger charge is 2.08. The molecule has 6 heteroatoms. The molecule has 0 aliphatic heterocycles. The van der Waals surface area contributed by atoms with Crippen LogP contribution in [0.5, 0.6) is 0 Å². The van der Waals surface area contributed by atoms with Crippen molar-refractivity contribution in [2.24, 2.45) is 0 Å². The summed E-state index contributed by atoms with van der Waals surface area (Å²) in [6.07, 6.45) is 4.81. The fraction of sp³-hybridized carbons (Fsp3) is 0.211. The predicted molar refractivity (Wildman–Crippen MR) is 95.2 cm³/mol. The minimum atomic E-state index is -0.198. The van der Waals surface area contributed by atoms with E-state index in [4.69, 9.17) is 4.42 Å². The summed E-state index contributed by atoms with van der Waals surface area (Å²) in [5.41, 5.74) is 1.61. The molecule has 0 unspecified atom stereocenters. The summed E-state index contributed by atoms with van der Waals surface area (Å²) in [6.45, 7) is 1.11. The highest BCUT2D eigenvalue weighted by molar-refractivity contribution is 5.92. The Hall–Kier alpha value is -3.15. The van der Waals surface area contributed by atoms with Crippen LogP contribution in [-0.4, -0.2) is 22.4 Å². The summed E-state index contributed by atoms with van der Waals surface area (Å²) in [6, 6.07) is 15.5. The van der Waals surface area contributed by atoms with Crippen LogP contribution in [-0.2, 0) is 13.0 Å². The van der Waals surface area contributed by atoms with Gasteiger partial charge in [-0.1, -0.05) is 30.3 Å². The van der Waals surface area contributed by atoms with Crippen molar-refractivity contribution < 1.29 is 9.21 Å². The summed E-state index contributed by atoms with van der Waals surface area (Å²) < 4.78 is 5.25. The number of hydrogen-bond acceptors (Lipinski definition) is 5. The van der Waals surface area contributed by atoms with E-state index in [-0.39, 0.29) is 5.91 Å². The molecule has 0 saturated heterocycles. The topological polar surface area (TPSA) is 80.0 Å². The molecule has 3 aromatic rings. The van der Waals surface area contributed by atoms with E-state index in [9.17, 15) is 4.79 Å². The molecular weight excluding hydrogens is 316 g/mol. The van der Waals surface area contributed by atoms with Crippen molar-refractivity contribution >= 4 is 11.7 Å². The molecule has 3 rings (SSSR count). The molecule has 0 spiro atoms. The molecule has 25 heavy (non-hydrogen) atoms. The molecule has 6 nitrogen and oxygen atoms in total. The zero-order chi connectivity index (χ0) is 17.3. The quantitative estimate of drug-likeness (QED) is 0.618. The van der Waals surface area contributed by atoms with E-state index in [1.807, 2.05) is 30.3 Å². The van der Waals surface area contributed by atoms with Gasteiger partial charge < -0.3 is 15.1 Å². The van der Waals surface area contributed by atoms with E-state index in [0.29, 0.717) is 24.6 Å². The lowest BCUT2D eigenvalue weighted by atomic mass is 10.1. The van der Waals surface area contributed by atoms with Crippen LogP contribution in [0.2, 0.25) is 0 Å². The smallest absolute Gasteiger partial charge is 0.270 e. The van der Waals surface area contributed by atoms with Gasteiger partial charge in [-0.05, 0) is 30.5 Å². The van der Waals surface area contributed by atoms with E-state index < -0.39 is 0 Å². The second-order valence-corrected chi connectivity index (χ2v) is 5.57. The summed E-state index contributed by atoms with van der Waals surface area (Å²) in [5.74, 6) is 1.18. The predicted octanol–water partition coefficient (Wildman–Crippen LogP) is 3.04. The lowest BCUT2D eigenvalue weighted by molar-refractivity contribution is 0.0948. The molecule has 0 aliphatic rings. The van der Waals surface area contributed by atoms with Gasteiger partial charge in [0.05, 0.1) is 12.8 Å². The van der Waals surface area contributed by atoms with Gasteiger partial charge in [0.25, 0.3) is 5.91 Å². The van der Waals surface area contributed by atoms with E-state index in [2.05, 4.69) is 32.7 Å². The first-order chi connectivity index (χ1) is 12.3. The summed E-state index contributed by atoms with van der Waals surface area (Å²) in [4.78, 5) is 20.3. The molecule has 1 amide bonds. The Morgan fingerprint density at radius 3 is 2.76 bits per heavy atom. The van der Waals surface area contributed by atoms with Crippen molar-refractivity contribution in [3.63, 3.8) is 0 Å². The van der Waals surface area contributed by atoms with Gasteiger partial charge >= 0.3 is 0 Å². The fourth-order valence-corrected chi connectivity index (χ4v) is 2.40. The molecule has 0 bridgehead atoms. The third-order valence-corrected chi connectivity index (χ3v) is 3.69. The van der Waals surface area contributed by atoms with Gasteiger partial charge in [0, 0.05) is 12.6 Å². The van der Waals surface area contributed by atoms with Crippen molar-refractivity contribution in [3.05, 3.63) is 78.1 Å². The first-order valence-corrected chi connectivity index (χ1v) is 8.22. The van der Waals surface area contributed by atoms with Crippen molar-refractivity contribution in [3.8, 4) is 0 Å². The second kappa shape index (κ2) is 8.63. The van der Waals surface area contributed by atoms with Crippen molar-refractivity contribution in [1.29, 1.82) is 0 Å². The maximum Gasteiger partial charge on any atom is 0.270 e. The number of carbonyl (C=O) groups is 1. The number of furan rings is 1. The number of aromatic nitrogens is 2. The molecule has 0 fully saturated rings. The molecular formula is C19H20N4O2. The summed E-state index contributed by atoms with van der Waals surface area (Å²) >= 11 is 0. The molecule has 128 valence electrons. The van der Waals surface area contributed by atoms with Crippen LogP contribution >= 0.6 is 0 Å². The Bertz CT molecular complexity index is 788. The lowest BCUT2D eigenvalue weighted by Crippen LogP contribution is -2.26. The van der Waals surface area contributed by atoms with Crippen LogP contribution in [0.4, 0.5) is 5.82 Å². The normalized spacial score (nSPS) is 10.4. The molecule has 2 N–H and O–H groups in total. The molecule has 0 saturated carbocycles. The zero-order valence-electron chi connectivity index (χ0n) is 13.8. The van der Waals surface area contributed by atoms with Crippen molar-refractivity contribution in [1.82, 2.24) is 15.3 Å². The van der Waals surface area contributed by atoms with Gasteiger partial charge in [0.1, 0.15) is 23.6 Å². The molecule has 1 aromatic carbocycles. The van der Waals surface area contributed by atoms with E-state index in [1.165, 1.54) is 11.9 Å². The number of amides is 1. The molecule has 2 heterocycles. The van der Waals surface area contributed by atoms with Gasteiger partial charge in [0.2, 0.25) is 0 Å². The minimum Gasteiger partial charge on any atom is -0.467 e. The highest BCUT2D eigenvalue weighted by Crippen LogP contribution is 2.08. The Labute approximate surface area is 146 Å². The van der Waals surface area contributed by atoms with Crippen LogP contribution in [0.15, 0.2) is 65.5 Å². The summed E-state index contributed by atoms with van der Waals surface area (Å²) in [7, 11) is 0. The summed E-state index contributed by atoms with van der Waals surface area (Å²) in [5, 5.41) is 6.00. The Balaban J connectivity index is 1.46. The standard InChI is InChI=1S/C19H20N4O2/c24-19(20-10-4-8-15-6-2-1-3-7-15)17-12-18(23-14-22-17)21-13-16-9-5-11-25-16/h1-3,5-7,9,11-12,14H,4,8,10,13H2,(H,20,24)(H,21,22,23). The van der Waals surface area contributed by atoms with E-state index >= 15 is 0 Å². The Kier molecular flexibility index (Phi) is 5.77. The average Bonchev–Trinajstić information content (AvgIpc) is 3.18. The number of nitrogens with zero attached hydrogens (tertiary/aromatic N) is 2. The van der Waals surface area contributed by atoms with Gasteiger partial charge in [-0.15, -0.1) is 0 Å². The third-order valence-electron chi connectivity index (χ3n) is 3.69. The van der Waals surface area contributed by atoms with Crippen molar-refractivity contribution in [2.45, 2.75) is 19.4 Å². The first-order valence-electron chi connectivity index (χ1n) is 8.22. The monoisotopic (exact) mass is 336 g/mol. The Morgan fingerprint density at radius 2 is 1.96 bits per heavy atom. The Morgan fingerprint density at radius 1 is 1.08 bits per heavy atom.